The Bertz CT molecular complexity index is 570. The topological polar surface area (TPSA) is 42.4 Å². The van der Waals surface area contributed by atoms with Gasteiger partial charge in [-0.25, -0.2) is 4.39 Å². The van der Waals surface area contributed by atoms with Crippen LogP contribution in [0.25, 0.3) is 0 Å². The maximum Gasteiger partial charge on any atom is 0.136 e. The van der Waals surface area contributed by atoms with Gasteiger partial charge in [0.25, 0.3) is 0 Å². The fraction of sp³-hybridized carbons (Fsp3) is 0.214. The van der Waals surface area contributed by atoms with Gasteiger partial charge in [0, 0.05) is 23.5 Å². The Morgan fingerprint density at radius 3 is 2.67 bits per heavy atom. The lowest BCUT2D eigenvalue weighted by molar-refractivity contribution is 0.276. The smallest absolute Gasteiger partial charge is 0.136 e. The molecule has 0 spiro atoms. The van der Waals surface area contributed by atoms with Crippen LogP contribution in [0.5, 0.6) is 11.5 Å². The summed E-state index contributed by atoms with van der Waals surface area (Å²) in [7, 11) is 0. The maximum absolute atomic E-state index is 13.0. The Balaban J connectivity index is 2.36. The zero-order valence-electron chi connectivity index (χ0n) is 10.3. The van der Waals surface area contributed by atoms with Gasteiger partial charge in [-0.3, -0.25) is 4.98 Å². The van der Waals surface area contributed by atoms with Gasteiger partial charge in [0.1, 0.15) is 17.3 Å². The monoisotopic (exact) mass is 247 g/mol. The summed E-state index contributed by atoms with van der Waals surface area (Å²) >= 11 is 0. The van der Waals surface area contributed by atoms with Crippen LogP contribution in [0.3, 0.4) is 0 Å². The second-order valence-corrected chi connectivity index (χ2v) is 4.10. The van der Waals surface area contributed by atoms with Crippen molar-refractivity contribution in [2.24, 2.45) is 0 Å². The maximum atomic E-state index is 13.0. The molecule has 0 unspecified atom stereocenters. The molecule has 0 saturated carbocycles. The predicted molar refractivity (Wildman–Crippen MR) is 66.1 cm³/mol. The molecule has 2 aromatic rings. The molecule has 0 aliphatic heterocycles. The Hall–Kier alpha value is -1.94. The van der Waals surface area contributed by atoms with Gasteiger partial charge >= 0.3 is 0 Å². The minimum absolute atomic E-state index is 0.150. The number of rotatable bonds is 3. The lowest BCUT2D eigenvalue weighted by atomic mass is 10.2. The van der Waals surface area contributed by atoms with Crippen molar-refractivity contribution in [2.45, 2.75) is 20.5 Å². The number of aliphatic hydroxyl groups is 1. The molecular formula is C14H14FNO2. The summed E-state index contributed by atoms with van der Waals surface area (Å²) in [6.45, 7) is 3.46. The Morgan fingerprint density at radius 2 is 2.00 bits per heavy atom. The Morgan fingerprint density at radius 1 is 1.22 bits per heavy atom. The fourth-order valence-corrected chi connectivity index (χ4v) is 1.62. The minimum atomic E-state index is -0.298. The van der Waals surface area contributed by atoms with Crippen LogP contribution in [-0.4, -0.2) is 10.1 Å². The molecule has 1 aromatic heterocycles. The molecule has 1 N–H and O–H groups in total. The van der Waals surface area contributed by atoms with Crippen molar-refractivity contribution < 1.29 is 14.2 Å². The second kappa shape index (κ2) is 5.14. The van der Waals surface area contributed by atoms with Gasteiger partial charge in [0.05, 0.1) is 6.61 Å². The second-order valence-electron chi connectivity index (χ2n) is 4.10. The van der Waals surface area contributed by atoms with E-state index in [2.05, 4.69) is 4.98 Å². The molecule has 0 bridgehead atoms. The molecule has 0 fully saturated rings. The number of benzene rings is 1. The largest absolute Gasteiger partial charge is 0.457 e. The Kier molecular flexibility index (Phi) is 3.58. The number of ether oxygens (including phenoxy) is 1. The first kappa shape index (κ1) is 12.5. The lowest BCUT2D eigenvalue weighted by Crippen LogP contribution is -1.96. The zero-order chi connectivity index (χ0) is 13.1. The molecule has 0 aliphatic rings. The highest BCUT2D eigenvalue weighted by Crippen LogP contribution is 2.28. The van der Waals surface area contributed by atoms with Crippen LogP contribution < -0.4 is 4.74 Å². The number of aliphatic hydroxyl groups excluding tert-OH is 1. The summed E-state index contributed by atoms with van der Waals surface area (Å²) in [5.41, 5.74) is 2.10. The van der Waals surface area contributed by atoms with Crippen LogP contribution in [0.2, 0.25) is 0 Å². The summed E-state index contributed by atoms with van der Waals surface area (Å²) in [6.07, 6.45) is 1.57. The van der Waals surface area contributed by atoms with Crippen molar-refractivity contribution >= 4 is 0 Å². The summed E-state index contributed by atoms with van der Waals surface area (Å²) < 4.78 is 18.7. The van der Waals surface area contributed by atoms with Crippen molar-refractivity contribution in [3.63, 3.8) is 0 Å². The van der Waals surface area contributed by atoms with E-state index < -0.39 is 0 Å². The van der Waals surface area contributed by atoms with E-state index in [9.17, 15) is 9.50 Å². The van der Waals surface area contributed by atoms with E-state index in [1.807, 2.05) is 6.92 Å². The van der Waals surface area contributed by atoms with Crippen molar-refractivity contribution in [1.82, 2.24) is 4.98 Å². The van der Waals surface area contributed by atoms with E-state index >= 15 is 0 Å². The average molecular weight is 247 g/mol. The first-order chi connectivity index (χ1) is 8.60. The molecule has 0 radical (unpaired) electrons. The number of aryl methyl sites for hydroxylation is 2. The fourth-order valence-electron chi connectivity index (χ4n) is 1.62. The summed E-state index contributed by atoms with van der Waals surface area (Å²) in [6, 6.07) is 6.06. The van der Waals surface area contributed by atoms with Crippen LogP contribution >= 0.6 is 0 Å². The van der Waals surface area contributed by atoms with E-state index in [4.69, 9.17) is 4.74 Å². The van der Waals surface area contributed by atoms with Gasteiger partial charge in [0.15, 0.2) is 0 Å². The quantitative estimate of drug-likeness (QED) is 0.906. The lowest BCUT2D eigenvalue weighted by Gasteiger charge is -2.12. The molecule has 18 heavy (non-hydrogen) atoms. The van der Waals surface area contributed by atoms with Crippen LogP contribution in [0.4, 0.5) is 4.39 Å². The third-order valence-electron chi connectivity index (χ3n) is 2.61. The van der Waals surface area contributed by atoms with Crippen LogP contribution in [0, 0.1) is 19.7 Å². The number of hydrogen-bond donors (Lipinski definition) is 1. The molecule has 94 valence electrons. The molecule has 2 rings (SSSR count). The predicted octanol–water partition coefficient (Wildman–Crippen LogP) is 3.12. The molecule has 1 aromatic carbocycles. The summed E-state index contributed by atoms with van der Waals surface area (Å²) in [4.78, 5) is 4.09. The number of pyridine rings is 1. The zero-order valence-corrected chi connectivity index (χ0v) is 10.3. The van der Waals surface area contributed by atoms with Gasteiger partial charge in [-0.15, -0.1) is 0 Å². The molecule has 4 heteroatoms. The summed E-state index contributed by atoms with van der Waals surface area (Å²) in [5, 5.41) is 9.22. The molecular weight excluding hydrogens is 233 g/mol. The van der Waals surface area contributed by atoms with Crippen LogP contribution in [-0.2, 0) is 6.61 Å². The molecule has 1 heterocycles. The highest BCUT2D eigenvalue weighted by atomic mass is 19.1. The first-order valence-electron chi connectivity index (χ1n) is 5.60. The first-order valence-corrected chi connectivity index (χ1v) is 5.60. The van der Waals surface area contributed by atoms with Crippen molar-refractivity contribution in [2.75, 3.05) is 0 Å². The van der Waals surface area contributed by atoms with Gasteiger partial charge in [0.2, 0.25) is 0 Å². The minimum Gasteiger partial charge on any atom is -0.457 e. The highest BCUT2D eigenvalue weighted by molar-refractivity contribution is 5.40. The van der Waals surface area contributed by atoms with Gasteiger partial charge < -0.3 is 9.84 Å². The standard InChI is InChI=1S/C14H14FNO2/c1-9-5-12(15)3-4-13(9)18-14-6-10(2)16-7-11(14)8-17/h3-7,17H,8H2,1-2H3. The molecule has 0 atom stereocenters. The number of hydrogen-bond acceptors (Lipinski definition) is 3. The third-order valence-corrected chi connectivity index (χ3v) is 2.61. The molecule has 0 aliphatic carbocycles. The van der Waals surface area contributed by atoms with E-state index in [1.54, 1.807) is 25.3 Å². The van der Waals surface area contributed by atoms with E-state index in [0.717, 1.165) is 5.69 Å². The molecule has 0 amide bonds. The number of aromatic nitrogens is 1. The van der Waals surface area contributed by atoms with E-state index in [-0.39, 0.29) is 12.4 Å². The van der Waals surface area contributed by atoms with Gasteiger partial charge in [-0.1, -0.05) is 0 Å². The third kappa shape index (κ3) is 2.65. The Labute approximate surface area is 105 Å². The normalized spacial score (nSPS) is 10.4. The number of nitrogens with zero attached hydrogens (tertiary/aromatic N) is 1. The van der Waals surface area contributed by atoms with Crippen molar-refractivity contribution in [3.05, 3.63) is 53.1 Å². The average Bonchev–Trinajstić information content (AvgIpc) is 2.33. The number of halogens is 1. The SMILES string of the molecule is Cc1cc(Oc2ccc(F)cc2C)c(CO)cn1. The van der Waals surface area contributed by atoms with Gasteiger partial charge in [-0.05, 0) is 37.6 Å². The van der Waals surface area contributed by atoms with E-state index in [1.165, 1.54) is 12.1 Å². The van der Waals surface area contributed by atoms with E-state index in [0.29, 0.717) is 22.6 Å². The van der Waals surface area contributed by atoms with Crippen LogP contribution in [0.1, 0.15) is 16.8 Å². The van der Waals surface area contributed by atoms with Gasteiger partial charge in [-0.2, -0.15) is 0 Å². The van der Waals surface area contributed by atoms with Crippen LogP contribution in [0.15, 0.2) is 30.5 Å². The highest BCUT2D eigenvalue weighted by Gasteiger charge is 2.08. The van der Waals surface area contributed by atoms with Crippen molar-refractivity contribution in [1.29, 1.82) is 0 Å². The molecule has 0 saturated heterocycles. The molecule has 3 nitrogen and oxygen atoms in total. The van der Waals surface area contributed by atoms with Crippen molar-refractivity contribution in [3.8, 4) is 11.5 Å². The summed E-state index contributed by atoms with van der Waals surface area (Å²) in [5.74, 6) is 0.810.